The molecule has 1 heterocycles. The van der Waals surface area contributed by atoms with Gasteiger partial charge in [-0.2, -0.15) is 0 Å². The number of halogens is 1. The van der Waals surface area contributed by atoms with Crippen molar-refractivity contribution in [1.82, 2.24) is 20.3 Å². The fraction of sp³-hybridized carbons (Fsp3) is 0.818. The molecule has 17 heavy (non-hydrogen) atoms. The lowest BCUT2D eigenvalue weighted by Gasteiger charge is -2.26. The van der Waals surface area contributed by atoms with Crippen LogP contribution in [0.3, 0.4) is 0 Å². The highest BCUT2D eigenvalue weighted by molar-refractivity contribution is 9.10. The lowest BCUT2D eigenvalue weighted by Crippen LogP contribution is -2.35. The van der Waals surface area contributed by atoms with E-state index in [2.05, 4.69) is 45.4 Å². The molecule has 1 aromatic heterocycles. The molecule has 0 aliphatic heterocycles. The molecule has 2 atom stereocenters. The Labute approximate surface area is 111 Å². The first-order valence-electron chi connectivity index (χ1n) is 6.05. The third kappa shape index (κ3) is 3.50. The van der Waals surface area contributed by atoms with Crippen LogP contribution >= 0.6 is 15.9 Å². The Bertz CT molecular complexity index is 323. The van der Waals surface area contributed by atoms with Gasteiger partial charge in [-0.25, -0.2) is 4.68 Å². The first-order valence-corrected chi connectivity index (χ1v) is 6.84. The van der Waals surface area contributed by atoms with Crippen molar-refractivity contribution in [3.63, 3.8) is 0 Å². The van der Waals surface area contributed by atoms with E-state index in [1.165, 1.54) is 0 Å². The van der Waals surface area contributed by atoms with Crippen LogP contribution in [-0.4, -0.2) is 34.2 Å². The number of rotatable bonds is 7. The second-order valence-electron chi connectivity index (χ2n) is 3.83. The van der Waals surface area contributed by atoms with Gasteiger partial charge in [-0.15, -0.1) is 5.10 Å². The van der Waals surface area contributed by atoms with Crippen molar-refractivity contribution in [2.24, 2.45) is 7.05 Å². The monoisotopic (exact) mass is 304 g/mol. The Morgan fingerprint density at radius 2 is 2.12 bits per heavy atom. The van der Waals surface area contributed by atoms with E-state index in [1.54, 1.807) is 4.68 Å². The van der Waals surface area contributed by atoms with Gasteiger partial charge in [0.15, 0.2) is 4.60 Å². The van der Waals surface area contributed by atoms with Gasteiger partial charge in [0.25, 0.3) is 0 Å². The van der Waals surface area contributed by atoms with Crippen LogP contribution in [0, 0.1) is 0 Å². The number of nitrogens with zero attached hydrogens (tertiary/aromatic N) is 3. The summed E-state index contributed by atoms with van der Waals surface area (Å²) >= 11 is 3.45. The highest BCUT2D eigenvalue weighted by Gasteiger charge is 2.27. The van der Waals surface area contributed by atoms with Crippen molar-refractivity contribution in [2.75, 3.05) is 13.2 Å². The fourth-order valence-electron chi connectivity index (χ4n) is 1.96. The molecule has 0 aromatic carbocycles. The molecule has 0 aliphatic carbocycles. The summed E-state index contributed by atoms with van der Waals surface area (Å²) in [5.74, 6) is 0. The summed E-state index contributed by atoms with van der Waals surface area (Å²) < 4.78 is 8.36. The van der Waals surface area contributed by atoms with Crippen LogP contribution in [0.25, 0.3) is 0 Å². The van der Waals surface area contributed by atoms with Gasteiger partial charge in [-0.3, -0.25) is 0 Å². The Balaban J connectivity index is 2.98. The van der Waals surface area contributed by atoms with Crippen molar-refractivity contribution in [2.45, 2.75) is 39.3 Å². The molecule has 1 rings (SSSR count). The van der Waals surface area contributed by atoms with Crippen molar-refractivity contribution in [1.29, 1.82) is 0 Å². The molecule has 0 saturated heterocycles. The van der Waals surface area contributed by atoms with Gasteiger partial charge < -0.3 is 10.1 Å². The average Bonchev–Trinajstić information content (AvgIpc) is 2.64. The number of ether oxygens (including phenoxy) is 1. The van der Waals surface area contributed by atoms with E-state index in [9.17, 15) is 0 Å². The number of aryl methyl sites for hydroxylation is 1. The van der Waals surface area contributed by atoms with Crippen LogP contribution in [0.15, 0.2) is 4.60 Å². The Morgan fingerprint density at radius 3 is 2.53 bits per heavy atom. The van der Waals surface area contributed by atoms with Crippen LogP contribution in [0.5, 0.6) is 0 Å². The maximum atomic E-state index is 5.79. The predicted octanol–water partition coefficient (Wildman–Crippen LogP) is 2.04. The smallest absolute Gasteiger partial charge is 0.153 e. The minimum Gasteiger partial charge on any atom is -0.376 e. The molecule has 0 saturated carbocycles. The summed E-state index contributed by atoms with van der Waals surface area (Å²) in [5, 5.41) is 11.5. The number of hydrogen-bond donors (Lipinski definition) is 1. The zero-order valence-electron chi connectivity index (χ0n) is 10.9. The molecular formula is C11H21BrN4O. The van der Waals surface area contributed by atoms with Crippen LogP contribution in [0.2, 0.25) is 0 Å². The highest BCUT2D eigenvalue weighted by atomic mass is 79.9. The lowest BCUT2D eigenvalue weighted by atomic mass is 10.1. The van der Waals surface area contributed by atoms with Gasteiger partial charge in [-0.1, -0.05) is 19.1 Å². The van der Waals surface area contributed by atoms with Crippen LogP contribution in [-0.2, 0) is 11.8 Å². The molecule has 0 spiro atoms. The second-order valence-corrected chi connectivity index (χ2v) is 4.58. The molecule has 1 aromatic rings. The van der Waals surface area contributed by atoms with Crippen LogP contribution in [0.4, 0.5) is 0 Å². The van der Waals surface area contributed by atoms with Gasteiger partial charge in [0.05, 0.1) is 17.8 Å². The van der Waals surface area contributed by atoms with Gasteiger partial charge in [0, 0.05) is 13.7 Å². The number of hydrogen-bond acceptors (Lipinski definition) is 4. The van der Waals surface area contributed by atoms with Gasteiger partial charge in [0.2, 0.25) is 0 Å². The number of likely N-dealkylation sites (N-methyl/N-ethyl adjacent to an activating group) is 1. The zero-order chi connectivity index (χ0) is 12.8. The van der Waals surface area contributed by atoms with Crippen molar-refractivity contribution >= 4 is 15.9 Å². The zero-order valence-corrected chi connectivity index (χ0v) is 12.5. The van der Waals surface area contributed by atoms with Crippen LogP contribution in [0.1, 0.15) is 38.9 Å². The van der Waals surface area contributed by atoms with Crippen molar-refractivity contribution in [3.8, 4) is 0 Å². The third-order valence-corrected chi connectivity index (χ3v) is 3.27. The highest BCUT2D eigenvalue weighted by Crippen LogP contribution is 2.26. The number of nitrogens with one attached hydrogen (secondary N) is 1. The van der Waals surface area contributed by atoms with Crippen LogP contribution < -0.4 is 5.32 Å². The minimum absolute atomic E-state index is 0.110. The summed E-state index contributed by atoms with van der Waals surface area (Å²) in [7, 11) is 1.90. The molecule has 0 radical (unpaired) electrons. The molecule has 0 bridgehead atoms. The summed E-state index contributed by atoms with van der Waals surface area (Å²) in [5.41, 5.74) is 1.03. The SMILES string of the molecule is CCNC(c1c(Br)nnn1C)C(CC)OCC. The van der Waals surface area contributed by atoms with E-state index in [0.717, 1.165) is 23.3 Å². The van der Waals surface area contributed by atoms with Gasteiger partial charge in [-0.05, 0) is 35.8 Å². The first kappa shape index (κ1) is 14.6. The summed E-state index contributed by atoms with van der Waals surface area (Å²) in [6.45, 7) is 7.82. The molecule has 98 valence electrons. The Kier molecular flexibility index (Phi) is 6.08. The lowest BCUT2D eigenvalue weighted by molar-refractivity contribution is 0.0296. The largest absolute Gasteiger partial charge is 0.376 e. The topological polar surface area (TPSA) is 52.0 Å². The quantitative estimate of drug-likeness (QED) is 0.837. The molecule has 0 aliphatic rings. The summed E-state index contributed by atoms with van der Waals surface area (Å²) in [6, 6.07) is 0.110. The molecule has 6 heteroatoms. The molecular weight excluding hydrogens is 284 g/mol. The van der Waals surface area contributed by atoms with E-state index < -0.39 is 0 Å². The van der Waals surface area contributed by atoms with Crippen molar-refractivity contribution < 1.29 is 4.74 Å². The normalized spacial score (nSPS) is 14.9. The first-order chi connectivity index (χ1) is 8.15. The van der Waals surface area contributed by atoms with E-state index in [0.29, 0.717) is 6.61 Å². The molecule has 0 fully saturated rings. The molecule has 0 amide bonds. The standard InChI is InChI=1S/C11H21BrN4O/c1-5-8(17-7-3)9(13-6-2)10-11(12)14-15-16(10)4/h8-9,13H,5-7H2,1-4H3. The maximum absolute atomic E-state index is 5.79. The Hall–Kier alpha value is -0.460. The number of aromatic nitrogens is 3. The van der Waals surface area contributed by atoms with Crippen molar-refractivity contribution in [3.05, 3.63) is 10.3 Å². The van der Waals surface area contributed by atoms with E-state index in [-0.39, 0.29) is 12.1 Å². The van der Waals surface area contributed by atoms with E-state index >= 15 is 0 Å². The van der Waals surface area contributed by atoms with Gasteiger partial charge in [0.1, 0.15) is 0 Å². The minimum atomic E-state index is 0.110. The summed E-state index contributed by atoms with van der Waals surface area (Å²) in [6.07, 6.45) is 1.08. The molecule has 5 nitrogen and oxygen atoms in total. The predicted molar refractivity (Wildman–Crippen MR) is 70.8 cm³/mol. The molecule has 1 N–H and O–H groups in total. The second kappa shape index (κ2) is 7.08. The van der Waals surface area contributed by atoms with Gasteiger partial charge >= 0.3 is 0 Å². The average molecular weight is 305 g/mol. The molecule has 2 unspecified atom stereocenters. The van der Waals surface area contributed by atoms with E-state index in [4.69, 9.17) is 4.74 Å². The fourth-order valence-corrected chi connectivity index (χ4v) is 2.53. The Morgan fingerprint density at radius 1 is 1.41 bits per heavy atom. The third-order valence-electron chi connectivity index (χ3n) is 2.70. The summed E-state index contributed by atoms with van der Waals surface area (Å²) in [4.78, 5) is 0. The van der Waals surface area contributed by atoms with E-state index in [1.807, 2.05) is 14.0 Å². The maximum Gasteiger partial charge on any atom is 0.153 e.